The third-order valence-electron chi connectivity index (χ3n) is 2.26. The molecule has 8 nitrogen and oxygen atoms in total. The largest absolute Gasteiger partial charge is 0.735 e. The Hall–Kier alpha value is -1.84. The number of nitrogens with zero attached hydrogens (tertiary/aromatic N) is 3. The molecule has 0 saturated heterocycles. The van der Waals surface area contributed by atoms with Crippen molar-refractivity contribution in [2.45, 2.75) is 19.5 Å². The molecule has 1 unspecified atom stereocenters. The molecule has 19 heavy (non-hydrogen) atoms. The van der Waals surface area contributed by atoms with E-state index in [4.69, 9.17) is 4.42 Å². The van der Waals surface area contributed by atoms with Gasteiger partial charge in [0.25, 0.3) is 0 Å². The van der Waals surface area contributed by atoms with Crippen LogP contribution in [0.2, 0.25) is 0 Å². The Labute approximate surface area is 110 Å². The first-order valence-corrected chi connectivity index (χ1v) is 6.83. The Balaban J connectivity index is 2.03. The maximum Gasteiger partial charge on any atom is 0.227 e. The second kappa shape index (κ2) is 5.43. The summed E-state index contributed by atoms with van der Waals surface area (Å²) in [5.41, 5.74) is 0.707. The summed E-state index contributed by atoms with van der Waals surface area (Å²) < 4.78 is 40.1. The standard InChI is InChI=1S/C10H12N4O4S/c1-8(13-19(15,16)17)7-14-4-2-9(6-12-14)10-11-3-5-18-10/h2-6,8,13H,7H2,1H3. The molecule has 2 aromatic heterocycles. The summed E-state index contributed by atoms with van der Waals surface area (Å²) in [6.07, 6.45) is 6.18. The van der Waals surface area contributed by atoms with E-state index in [-0.39, 0.29) is 6.54 Å². The summed E-state index contributed by atoms with van der Waals surface area (Å²) in [6, 6.07) is 1.18. The highest BCUT2D eigenvalue weighted by molar-refractivity contribution is 7.83. The Morgan fingerprint density at radius 3 is 2.89 bits per heavy atom. The number of nitrogens with one attached hydrogen (secondary N) is 1. The first-order valence-electron chi connectivity index (χ1n) is 5.43. The average Bonchev–Trinajstić information content (AvgIpc) is 2.80. The lowest BCUT2D eigenvalue weighted by atomic mass is 10.3. The van der Waals surface area contributed by atoms with Gasteiger partial charge in [0.05, 0.1) is 17.8 Å². The second-order valence-corrected chi connectivity index (χ2v) is 5.09. The van der Waals surface area contributed by atoms with E-state index in [2.05, 4.69) is 10.1 Å². The summed E-state index contributed by atoms with van der Waals surface area (Å²) in [6.45, 7) is 1.82. The van der Waals surface area contributed by atoms with Crippen molar-refractivity contribution in [2.24, 2.45) is 0 Å². The highest BCUT2D eigenvalue weighted by Crippen LogP contribution is 2.13. The summed E-state index contributed by atoms with van der Waals surface area (Å²) in [4.78, 5) is 3.98. The predicted molar refractivity (Wildman–Crippen MR) is 62.2 cm³/mol. The Morgan fingerprint density at radius 2 is 2.37 bits per heavy atom. The van der Waals surface area contributed by atoms with Crippen molar-refractivity contribution in [3.8, 4) is 11.5 Å². The van der Waals surface area contributed by atoms with Gasteiger partial charge in [-0.15, -0.1) is 0 Å². The van der Waals surface area contributed by atoms with Crippen molar-refractivity contribution in [3.63, 3.8) is 0 Å². The zero-order valence-electron chi connectivity index (χ0n) is 10.1. The molecule has 2 aromatic rings. The molecule has 2 rings (SSSR count). The van der Waals surface area contributed by atoms with Crippen molar-refractivity contribution in [2.75, 3.05) is 0 Å². The molecule has 2 heterocycles. The molecule has 0 spiro atoms. The number of hydrogen-bond donors (Lipinski definition) is 1. The van der Waals surface area contributed by atoms with E-state index in [9.17, 15) is 13.0 Å². The zero-order chi connectivity index (χ0) is 13.9. The van der Waals surface area contributed by atoms with Gasteiger partial charge < -0.3 is 8.97 Å². The summed E-state index contributed by atoms with van der Waals surface area (Å²) in [5, 5.41) is 4.08. The van der Waals surface area contributed by atoms with Crippen LogP contribution in [0.15, 0.2) is 35.3 Å². The van der Waals surface area contributed by atoms with Crippen LogP contribution in [-0.2, 0) is 16.8 Å². The van der Waals surface area contributed by atoms with Gasteiger partial charge in [0.1, 0.15) is 12.5 Å². The van der Waals surface area contributed by atoms with Crippen molar-refractivity contribution in [1.29, 1.82) is 0 Å². The molecule has 1 N–H and O–H groups in total. The highest BCUT2D eigenvalue weighted by atomic mass is 32.2. The van der Waals surface area contributed by atoms with Gasteiger partial charge in [-0.05, 0) is 12.0 Å². The summed E-state index contributed by atoms with van der Waals surface area (Å²) in [5.74, 6) is 0.452. The second-order valence-electron chi connectivity index (χ2n) is 3.95. The lowest BCUT2D eigenvalue weighted by Gasteiger charge is -2.12. The maximum absolute atomic E-state index is 10.5. The minimum Gasteiger partial charge on any atom is -0.735 e. The van der Waals surface area contributed by atoms with Crippen LogP contribution in [0, 0.1) is 0 Å². The molecule has 0 saturated carbocycles. The molecular weight excluding hydrogens is 272 g/mol. The monoisotopic (exact) mass is 284 g/mol. The van der Waals surface area contributed by atoms with Crippen LogP contribution in [0.5, 0.6) is 0 Å². The van der Waals surface area contributed by atoms with Crippen LogP contribution in [-0.4, -0.2) is 29.1 Å². The molecule has 9 heteroatoms. The molecule has 0 aliphatic rings. The zero-order valence-corrected chi connectivity index (χ0v) is 10.9. The minimum absolute atomic E-state index is 0.243. The fourth-order valence-electron chi connectivity index (χ4n) is 1.55. The minimum atomic E-state index is -4.45. The van der Waals surface area contributed by atoms with Gasteiger partial charge in [0.15, 0.2) is 23.0 Å². The van der Waals surface area contributed by atoms with E-state index >= 15 is 0 Å². The predicted octanol–water partition coefficient (Wildman–Crippen LogP) is -0.538. The number of aromatic nitrogens is 3. The van der Waals surface area contributed by atoms with Crippen LogP contribution in [0.1, 0.15) is 6.92 Å². The normalized spacial score (nSPS) is 13.4. The third-order valence-corrected chi connectivity index (χ3v) is 2.95. The van der Waals surface area contributed by atoms with Gasteiger partial charge in [-0.25, -0.2) is 18.1 Å². The van der Waals surface area contributed by atoms with E-state index < -0.39 is 16.3 Å². The number of hydrogen-bond acceptors (Lipinski definition) is 6. The molecule has 0 bridgehead atoms. The van der Waals surface area contributed by atoms with Crippen molar-refractivity contribution in [3.05, 3.63) is 30.9 Å². The molecular formula is C10H12N4O4S. The average molecular weight is 284 g/mol. The van der Waals surface area contributed by atoms with Crippen LogP contribution in [0.25, 0.3) is 11.5 Å². The van der Waals surface area contributed by atoms with Gasteiger partial charge in [0.2, 0.25) is 5.89 Å². The molecule has 0 amide bonds. The van der Waals surface area contributed by atoms with Gasteiger partial charge in [-0.2, -0.15) is 0 Å². The molecule has 1 atom stereocenters. The molecule has 0 aliphatic heterocycles. The van der Waals surface area contributed by atoms with Gasteiger partial charge in [-0.1, -0.05) is 4.68 Å². The number of rotatable bonds is 5. The molecule has 0 radical (unpaired) electrons. The number of oxazole rings is 1. The highest BCUT2D eigenvalue weighted by Gasteiger charge is 2.13. The quantitative estimate of drug-likeness (QED) is 0.583. The lowest BCUT2D eigenvalue weighted by Crippen LogP contribution is -2.48. The molecule has 0 aliphatic carbocycles. The van der Waals surface area contributed by atoms with E-state index in [1.807, 2.05) is 4.72 Å². The van der Waals surface area contributed by atoms with E-state index in [1.165, 1.54) is 17.1 Å². The van der Waals surface area contributed by atoms with Gasteiger partial charge in [-0.3, -0.25) is 0 Å². The summed E-state index contributed by atoms with van der Waals surface area (Å²) >= 11 is 0. The SMILES string of the molecule is CC(C[n+]1ccc(-c2ncco2)cn1)NS(=O)(=O)[O-]. The first-order chi connectivity index (χ1) is 8.94. The van der Waals surface area contributed by atoms with Crippen molar-refractivity contribution in [1.82, 2.24) is 14.8 Å². The fraction of sp³-hybridized carbons (Fsp3) is 0.300. The third kappa shape index (κ3) is 4.09. The van der Waals surface area contributed by atoms with Crippen LogP contribution < -0.4 is 9.40 Å². The van der Waals surface area contributed by atoms with E-state index in [0.717, 1.165) is 0 Å². The molecule has 0 aromatic carbocycles. The van der Waals surface area contributed by atoms with Crippen LogP contribution in [0.4, 0.5) is 0 Å². The smallest absolute Gasteiger partial charge is 0.227 e. The van der Waals surface area contributed by atoms with Gasteiger partial charge in [0, 0.05) is 6.07 Å². The van der Waals surface area contributed by atoms with E-state index in [0.29, 0.717) is 11.5 Å². The van der Waals surface area contributed by atoms with Crippen molar-refractivity contribution < 1.29 is 22.1 Å². The fourth-order valence-corrected chi connectivity index (χ4v) is 2.12. The molecule has 0 fully saturated rings. The van der Waals surface area contributed by atoms with Gasteiger partial charge >= 0.3 is 0 Å². The summed E-state index contributed by atoms with van der Waals surface area (Å²) in [7, 11) is -4.45. The van der Waals surface area contributed by atoms with Crippen molar-refractivity contribution >= 4 is 10.3 Å². The lowest BCUT2D eigenvalue weighted by molar-refractivity contribution is -0.755. The van der Waals surface area contributed by atoms with Crippen LogP contribution in [0.3, 0.4) is 0 Å². The maximum atomic E-state index is 10.5. The molecule has 102 valence electrons. The van der Waals surface area contributed by atoms with E-state index in [1.54, 1.807) is 25.4 Å². The Morgan fingerprint density at radius 1 is 1.58 bits per heavy atom. The Kier molecular flexibility index (Phi) is 3.88. The van der Waals surface area contributed by atoms with Crippen LogP contribution >= 0.6 is 0 Å². The Bertz CT molecular complexity index is 624. The first kappa shape index (κ1) is 13.6. The topological polar surface area (TPSA) is 112 Å².